The molecule has 0 bridgehead atoms. The molecule has 1 heterocycles. The van der Waals surface area contributed by atoms with Gasteiger partial charge in [-0.25, -0.2) is 0 Å². The van der Waals surface area contributed by atoms with Crippen LogP contribution >= 0.6 is 0 Å². The Hall–Kier alpha value is -0.890. The van der Waals surface area contributed by atoms with E-state index in [2.05, 4.69) is 42.9 Å². The lowest BCUT2D eigenvalue weighted by Crippen LogP contribution is -2.19. The van der Waals surface area contributed by atoms with Crippen molar-refractivity contribution >= 4 is 0 Å². The van der Waals surface area contributed by atoms with Gasteiger partial charge in [-0.15, -0.1) is 0 Å². The Balaban J connectivity index is 2.39. The maximum Gasteiger partial charge on any atom is 0.0544 e. The van der Waals surface area contributed by atoms with Crippen molar-refractivity contribution in [1.29, 1.82) is 0 Å². The Bertz CT molecular complexity index is 254. The normalized spacial score (nSPS) is 10.9. The van der Waals surface area contributed by atoms with Crippen LogP contribution in [0.1, 0.15) is 31.0 Å². The first-order valence-corrected chi connectivity index (χ1v) is 5.32. The smallest absolute Gasteiger partial charge is 0.0544 e. The minimum atomic E-state index is 0.959. The lowest BCUT2D eigenvalue weighted by Gasteiger charge is -2.15. The summed E-state index contributed by atoms with van der Waals surface area (Å²) in [4.78, 5) is 6.71. The Labute approximate surface area is 87.0 Å². The van der Waals surface area contributed by atoms with Crippen LogP contribution in [0.15, 0.2) is 18.3 Å². The summed E-state index contributed by atoms with van der Waals surface area (Å²) in [6.45, 7) is 6.40. The molecule has 0 radical (unpaired) electrons. The summed E-state index contributed by atoms with van der Waals surface area (Å²) in [6.07, 6.45) is 4.46. The van der Waals surface area contributed by atoms with Gasteiger partial charge in [0.05, 0.1) is 5.69 Å². The molecule has 0 N–H and O–H groups in total. The molecule has 0 aromatic carbocycles. The molecule has 1 aromatic rings. The molecular weight excluding hydrogens is 172 g/mol. The van der Waals surface area contributed by atoms with Crippen molar-refractivity contribution in [3.63, 3.8) is 0 Å². The van der Waals surface area contributed by atoms with E-state index < -0.39 is 0 Å². The van der Waals surface area contributed by atoms with Gasteiger partial charge in [0, 0.05) is 12.7 Å². The van der Waals surface area contributed by atoms with Gasteiger partial charge < -0.3 is 4.90 Å². The van der Waals surface area contributed by atoms with Gasteiger partial charge in [0.1, 0.15) is 0 Å². The summed E-state index contributed by atoms with van der Waals surface area (Å²) in [5, 5.41) is 0. The molecule has 78 valence electrons. The molecule has 2 nitrogen and oxygen atoms in total. The molecule has 14 heavy (non-hydrogen) atoms. The molecule has 0 saturated carbocycles. The average Bonchev–Trinajstić information content (AvgIpc) is 2.18. The zero-order valence-corrected chi connectivity index (χ0v) is 9.45. The standard InChI is InChI=1S/C12H20N2/c1-4-5-8-14(3)10-12-7-6-11(2)9-13-12/h6-7,9H,4-5,8,10H2,1-3H3. The van der Waals surface area contributed by atoms with E-state index in [4.69, 9.17) is 0 Å². The van der Waals surface area contributed by atoms with Crippen molar-refractivity contribution in [2.45, 2.75) is 33.2 Å². The van der Waals surface area contributed by atoms with Crippen LogP contribution in [0.25, 0.3) is 0 Å². The summed E-state index contributed by atoms with van der Waals surface area (Å²) in [5.74, 6) is 0. The van der Waals surface area contributed by atoms with Gasteiger partial charge in [-0.2, -0.15) is 0 Å². The van der Waals surface area contributed by atoms with Gasteiger partial charge in [-0.1, -0.05) is 19.4 Å². The van der Waals surface area contributed by atoms with Crippen molar-refractivity contribution in [2.75, 3.05) is 13.6 Å². The van der Waals surface area contributed by atoms with E-state index in [0.29, 0.717) is 0 Å². The maximum atomic E-state index is 4.38. The number of hydrogen-bond donors (Lipinski definition) is 0. The van der Waals surface area contributed by atoms with Crippen LogP contribution in [0.4, 0.5) is 0 Å². The Kier molecular flexibility index (Phi) is 4.60. The van der Waals surface area contributed by atoms with Crippen LogP contribution in [-0.2, 0) is 6.54 Å². The summed E-state index contributed by atoms with van der Waals surface area (Å²) in [5.41, 5.74) is 2.39. The van der Waals surface area contributed by atoms with E-state index in [1.165, 1.54) is 18.4 Å². The highest BCUT2D eigenvalue weighted by molar-refractivity contribution is 5.11. The number of hydrogen-bond acceptors (Lipinski definition) is 2. The van der Waals surface area contributed by atoms with E-state index in [1.807, 2.05) is 6.20 Å². The third-order valence-corrected chi connectivity index (χ3v) is 2.30. The van der Waals surface area contributed by atoms with Crippen molar-refractivity contribution in [2.24, 2.45) is 0 Å². The van der Waals surface area contributed by atoms with Crippen LogP contribution in [-0.4, -0.2) is 23.5 Å². The quantitative estimate of drug-likeness (QED) is 0.713. The van der Waals surface area contributed by atoms with Crippen molar-refractivity contribution in [1.82, 2.24) is 9.88 Å². The molecule has 0 atom stereocenters. The van der Waals surface area contributed by atoms with Gasteiger partial charge in [-0.3, -0.25) is 4.98 Å². The molecule has 0 saturated heterocycles. The van der Waals surface area contributed by atoms with Crippen molar-refractivity contribution in [3.05, 3.63) is 29.6 Å². The van der Waals surface area contributed by atoms with E-state index in [9.17, 15) is 0 Å². The van der Waals surface area contributed by atoms with Gasteiger partial charge >= 0.3 is 0 Å². The van der Waals surface area contributed by atoms with Crippen molar-refractivity contribution in [3.8, 4) is 0 Å². The third-order valence-electron chi connectivity index (χ3n) is 2.30. The van der Waals surface area contributed by atoms with Crippen LogP contribution < -0.4 is 0 Å². The Morgan fingerprint density at radius 2 is 2.14 bits per heavy atom. The molecule has 1 rings (SSSR count). The monoisotopic (exact) mass is 192 g/mol. The second kappa shape index (κ2) is 5.76. The van der Waals surface area contributed by atoms with Gasteiger partial charge in [0.15, 0.2) is 0 Å². The highest BCUT2D eigenvalue weighted by Crippen LogP contribution is 2.02. The second-order valence-electron chi connectivity index (χ2n) is 3.92. The molecule has 2 heteroatoms. The number of aromatic nitrogens is 1. The van der Waals surface area contributed by atoms with Gasteiger partial charge in [0.2, 0.25) is 0 Å². The number of nitrogens with zero attached hydrogens (tertiary/aromatic N) is 2. The lowest BCUT2D eigenvalue weighted by molar-refractivity contribution is 0.317. The SMILES string of the molecule is CCCCN(C)Cc1ccc(C)cn1. The zero-order valence-electron chi connectivity index (χ0n) is 9.45. The first kappa shape index (κ1) is 11.2. The second-order valence-corrected chi connectivity index (χ2v) is 3.92. The fourth-order valence-corrected chi connectivity index (χ4v) is 1.38. The Morgan fingerprint density at radius 3 is 2.71 bits per heavy atom. The highest BCUT2D eigenvalue weighted by Gasteiger charge is 1.99. The van der Waals surface area contributed by atoms with Gasteiger partial charge in [0.25, 0.3) is 0 Å². The fourth-order valence-electron chi connectivity index (χ4n) is 1.38. The molecular formula is C12H20N2. The summed E-state index contributed by atoms with van der Waals surface area (Å²) >= 11 is 0. The highest BCUT2D eigenvalue weighted by atomic mass is 15.1. The van der Waals surface area contributed by atoms with Crippen LogP contribution in [0.2, 0.25) is 0 Å². The molecule has 0 unspecified atom stereocenters. The minimum Gasteiger partial charge on any atom is -0.301 e. The number of rotatable bonds is 5. The molecule has 0 amide bonds. The van der Waals surface area contributed by atoms with E-state index in [0.717, 1.165) is 18.8 Å². The molecule has 0 aliphatic carbocycles. The van der Waals surface area contributed by atoms with Crippen LogP contribution in [0.3, 0.4) is 0 Å². The lowest BCUT2D eigenvalue weighted by atomic mass is 10.2. The molecule has 0 aliphatic rings. The van der Waals surface area contributed by atoms with Crippen LogP contribution in [0.5, 0.6) is 0 Å². The van der Waals surface area contributed by atoms with E-state index >= 15 is 0 Å². The summed E-state index contributed by atoms with van der Waals surface area (Å²) in [7, 11) is 2.15. The zero-order chi connectivity index (χ0) is 10.4. The third kappa shape index (κ3) is 3.88. The van der Waals surface area contributed by atoms with Crippen molar-refractivity contribution < 1.29 is 0 Å². The minimum absolute atomic E-state index is 0.959. The largest absolute Gasteiger partial charge is 0.301 e. The number of aryl methyl sites for hydroxylation is 1. The summed E-state index contributed by atoms with van der Waals surface area (Å²) < 4.78 is 0. The van der Waals surface area contributed by atoms with E-state index in [-0.39, 0.29) is 0 Å². The molecule has 1 aromatic heterocycles. The predicted octanol–water partition coefficient (Wildman–Crippen LogP) is 2.62. The fraction of sp³-hybridized carbons (Fsp3) is 0.583. The average molecular weight is 192 g/mol. The summed E-state index contributed by atoms with van der Waals surface area (Å²) in [6, 6.07) is 4.23. The van der Waals surface area contributed by atoms with Crippen LogP contribution in [0, 0.1) is 6.92 Å². The topological polar surface area (TPSA) is 16.1 Å². The molecule has 0 spiro atoms. The predicted molar refractivity (Wildman–Crippen MR) is 60.2 cm³/mol. The number of unbranched alkanes of at least 4 members (excludes halogenated alkanes) is 1. The van der Waals surface area contributed by atoms with E-state index in [1.54, 1.807) is 0 Å². The first-order chi connectivity index (χ1) is 6.72. The molecule has 0 fully saturated rings. The maximum absolute atomic E-state index is 4.38. The first-order valence-electron chi connectivity index (χ1n) is 5.32. The number of pyridine rings is 1. The Morgan fingerprint density at radius 1 is 1.36 bits per heavy atom. The van der Waals surface area contributed by atoms with Gasteiger partial charge in [-0.05, 0) is 38.6 Å². The molecule has 0 aliphatic heterocycles.